The normalized spacial score (nSPS) is 19.0. The van der Waals surface area contributed by atoms with Gasteiger partial charge in [0.25, 0.3) is 0 Å². The number of ether oxygens (including phenoxy) is 6. The van der Waals surface area contributed by atoms with Crippen molar-refractivity contribution in [3.63, 3.8) is 0 Å². The van der Waals surface area contributed by atoms with Crippen molar-refractivity contribution >= 4 is 0 Å². The van der Waals surface area contributed by atoms with Crippen LogP contribution in [-0.2, 0) is 26.0 Å². The second-order valence-electron chi connectivity index (χ2n) is 15.3. The van der Waals surface area contributed by atoms with E-state index in [0.29, 0.717) is 19.8 Å². The average Bonchev–Trinajstić information content (AvgIpc) is 3.04. The topological polar surface area (TPSA) is 55.4 Å². The van der Waals surface area contributed by atoms with Crippen LogP contribution in [0.2, 0.25) is 0 Å². The first-order chi connectivity index (χ1) is 23.1. The van der Waals surface area contributed by atoms with Crippen molar-refractivity contribution in [2.24, 2.45) is 16.2 Å². The molecule has 3 fully saturated rings. The van der Waals surface area contributed by atoms with Crippen molar-refractivity contribution in [3.05, 3.63) is 88.5 Å². The molecule has 3 aromatic carbocycles. The minimum atomic E-state index is -0.224. The fourth-order valence-electron chi connectivity index (χ4n) is 6.95. The molecular weight excluding hydrogens is 600 g/mol. The molecule has 0 saturated carbocycles. The number of hydrogen-bond acceptors (Lipinski definition) is 6. The van der Waals surface area contributed by atoms with E-state index >= 15 is 0 Å². The van der Waals surface area contributed by atoms with E-state index in [1.165, 1.54) is 16.7 Å². The maximum Gasteiger partial charge on any atom is 0.122 e. The third-order valence-corrected chi connectivity index (χ3v) is 11.8. The number of aryl methyl sites for hydroxylation is 3. The summed E-state index contributed by atoms with van der Waals surface area (Å²) in [5.74, 6) is 2.84. The molecule has 0 bridgehead atoms. The molecule has 6 rings (SSSR count). The smallest absolute Gasteiger partial charge is 0.122 e. The Labute approximate surface area is 288 Å². The quantitative estimate of drug-likeness (QED) is 0.145. The summed E-state index contributed by atoms with van der Waals surface area (Å²) in [7, 11) is 0. The van der Waals surface area contributed by atoms with Crippen LogP contribution in [0.3, 0.4) is 0 Å². The Bertz CT molecular complexity index is 1420. The van der Waals surface area contributed by atoms with E-state index < -0.39 is 0 Å². The first-order valence-corrected chi connectivity index (χ1v) is 18.1. The summed E-state index contributed by atoms with van der Waals surface area (Å²) in [4.78, 5) is 0. The summed E-state index contributed by atoms with van der Waals surface area (Å²) >= 11 is 0. The van der Waals surface area contributed by atoms with Gasteiger partial charge in [0.15, 0.2) is 0 Å². The van der Waals surface area contributed by atoms with Crippen LogP contribution < -0.4 is 14.2 Å². The van der Waals surface area contributed by atoms with Gasteiger partial charge in [-0.15, -0.1) is 0 Å². The highest BCUT2D eigenvalue weighted by molar-refractivity contribution is 5.48. The van der Waals surface area contributed by atoms with Crippen LogP contribution in [0.25, 0.3) is 0 Å². The molecule has 3 aliphatic rings. The van der Waals surface area contributed by atoms with E-state index in [4.69, 9.17) is 28.4 Å². The van der Waals surface area contributed by atoms with Crippen molar-refractivity contribution in [1.82, 2.24) is 0 Å². The van der Waals surface area contributed by atoms with Gasteiger partial charge in [0, 0.05) is 5.41 Å². The maximum absolute atomic E-state index is 6.40. The average molecular weight is 657 g/mol. The van der Waals surface area contributed by atoms with E-state index in [0.717, 1.165) is 100 Å². The van der Waals surface area contributed by atoms with Crippen LogP contribution in [0.4, 0.5) is 0 Å². The highest BCUT2D eigenvalue weighted by atomic mass is 16.5. The molecule has 260 valence electrons. The van der Waals surface area contributed by atoms with Crippen LogP contribution >= 0.6 is 0 Å². The standard InChI is InChI=1S/C42H56O6/c1-7-40(22-43-23-40)28-46-36-14-10-33(11-15-36)18-19-39(6,34-12-16-37(31(4)20-34)47-29-41(8-2)24-44-25-41)35-13-17-38(32(5)21-35)48-30-42(9-3)26-45-27-42/h10-17,20-21H,7-9,18-19,22-30H2,1-6H3. The maximum atomic E-state index is 6.40. The summed E-state index contributed by atoms with van der Waals surface area (Å²) in [6.07, 6.45) is 5.10. The molecule has 3 heterocycles. The molecule has 0 N–H and O–H groups in total. The summed E-state index contributed by atoms with van der Waals surface area (Å²) < 4.78 is 35.5. The molecule has 0 unspecified atom stereocenters. The molecule has 0 aromatic heterocycles. The Morgan fingerprint density at radius 1 is 0.583 bits per heavy atom. The van der Waals surface area contributed by atoms with Crippen molar-refractivity contribution in [1.29, 1.82) is 0 Å². The van der Waals surface area contributed by atoms with E-state index in [-0.39, 0.29) is 21.7 Å². The van der Waals surface area contributed by atoms with Crippen molar-refractivity contribution < 1.29 is 28.4 Å². The summed E-state index contributed by atoms with van der Waals surface area (Å²) in [6.45, 7) is 20.2. The van der Waals surface area contributed by atoms with E-state index in [9.17, 15) is 0 Å². The Morgan fingerprint density at radius 3 is 1.35 bits per heavy atom. The highest BCUT2D eigenvalue weighted by Crippen LogP contribution is 2.41. The first kappa shape index (κ1) is 34.8. The van der Waals surface area contributed by atoms with Crippen LogP contribution in [0.15, 0.2) is 60.7 Å². The molecule has 0 radical (unpaired) electrons. The lowest BCUT2D eigenvalue weighted by Crippen LogP contribution is -2.46. The molecule has 3 aliphatic heterocycles. The predicted molar refractivity (Wildman–Crippen MR) is 191 cm³/mol. The van der Waals surface area contributed by atoms with E-state index in [2.05, 4.69) is 102 Å². The second kappa shape index (κ2) is 14.4. The van der Waals surface area contributed by atoms with Gasteiger partial charge in [-0.1, -0.05) is 64.1 Å². The monoisotopic (exact) mass is 656 g/mol. The second-order valence-corrected chi connectivity index (χ2v) is 15.3. The van der Waals surface area contributed by atoms with Gasteiger partial charge in [0.2, 0.25) is 0 Å². The fraction of sp³-hybridized carbons (Fsp3) is 0.571. The minimum Gasteiger partial charge on any atom is -0.493 e. The third-order valence-electron chi connectivity index (χ3n) is 11.8. The summed E-state index contributed by atoms with van der Waals surface area (Å²) in [5.41, 5.74) is 6.46. The fourth-order valence-corrected chi connectivity index (χ4v) is 6.95. The van der Waals surface area contributed by atoms with Crippen molar-refractivity contribution in [2.75, 3.05) is 59.5 Å². The molecular formula is C42H56O6. The number of rotatable bonds is 17. The van der Waals surface area contributed by atoms with Crippen LogP contribution in [0, 0.1) is 30.1 Å². The Hall–Kier alpha value is -3.06. The van der Waals surface area contributed by atoms with Crippen LogP contribution in [-0.4, -0.2) is 59.5 Å². The van der Waals surface area contributed by atoms with Crippen molar-refractivity contribution in [3.8, 4) is 17.2 Å². The van der Waals surface area contributed by atoms with Crippen LogP contribution in [0.1, 0.15) is 81.2 Å². The molecule has 0 amide bonds. The Kier molecular flexibility index (Phi) is 10.5. The SMILES string of the molecule is CCC1(COc2ccc(CCC(C)(c3ccc(OCC4(CC)COC4)c(C)c3)c3ccc(OCC4(CC)COC4)c(C)c3)cc2)COC1. The first-order valence-electron chi connectivity index (χ1n) is 18.1. The molecule has 48 heavy (non-hydrogen) atoms. The lowest BCUT2D eigenvalue weighted by molar-refractivity contribution is -0.133. The predicted octanol–water partition coefficient (Wildman–Crippen LogP) is 8.66. The summed E-state index contributed by atoms with van der Waals surface area (Å²) in [6, 6.07) is 22.2. The zero-order valence-electron chi connectivity index (χ0n) is 30.1. The van der Waals surface area contributed by atoms with Gasteiger partial charge in [0.1, 0.15) is 17.2 Å². The lowest BCUT2D eigenvalue weighted by atomic mass is 9.71. The molecule has 0 aliphatic carbocycles. The minimum absolute atomic E-state index is 0.146. The van der Waals surface area contributed by atoms with Crippen LogP contribution in [0.5, 0.6) is 17.2 Å². The zero-order valence-corrected chi connectivity index (χ0v) is 30.1. The number of hydrogen-bond donors (Lipinski definition) is 0. The molecule has 0 atom stereocenters. The largest absolute Gasteiger partial charge is 0.493 e. The van der Waals surface area contributed by atoms with Gasteiger partial charge in [-0.05, 0) is 98.0 Å². The zero-order chi connectivity index (χ0) is 33.8. The molecule has 0 spiro atoms. The van der Waals surface area contributed by atoms with Gasteiger partial charge in [-0.2, -0.15) is 0 Å². The van der Waals surface area contributed by atoms with Gasteiger partial charge < -0.3 is 28.4 Å². The van der Waals surface area contributed by atoms with E-state index in [1.807, 2.05) is 0 Å². The van der Waals surface area contributed by atoms with E-state index in [1.54, 1.807) is 0 Å². The highest BCUT2D eigenvalue weighted by Gasteiger charge is 2.40. The molecule has 3 saturated heterocycles. The van der Waals surface area contributed by atoms with Gasteiger partial charge >= 0.3 is 0 Å². The van der Waals surface area contributed by atoms with Gasteiger partial charge in [0.05, 0.1) is 75.7 Å². The Morgan fingerprint density at radius 2 is 1.00 bits per heavy atom. The number of benzene rings is 3. The van der Waals surface area contributed by atoms with Gasteiger partial charge in [-0.25, -0.2) is 0 Å². The molecule has 6 nitrogen and oxygen atoms in total. The molecule has 3 aromatic rings. The lowest BCUT2D eigenvalue weighted by Gasteiger charge is -2.40. The summed E-state index contributed by atoms with van der Waals surface area (Å²) in [5, 5.41) is 0. The Balaban J connectivity index is 1.20. The third kappa shape index (κ3) is 7.27. The van der Waals surface area contributed by atoms with Crippen molar-refractivity contribution in [2.45, 2.75) is 79.1 Å². The molecule has 6 heteroatoms. The van der Waals surface area contributed by atoms with Gasteiger partial charge in [-0.3, -0.25) is 0 Å².